The first kappa shape index (κ1) is 28.9. The molecular weight excluding hydrogens is 591 g/mol. The highest BCUT2D eigenvalue weighted by atomic mass is 79.9. The van der Waals surface area contributed by atoms with E-state index in [0.29, 0.717) is 55.4 Å². The lowest BCUT2D eigenvalue weighted by atomic mass is 9.93. The molecule has 1 aliphatic heterocycles. The number of hydrogen-bond donors (Lipinski definition) is 2. The van der Waals surface area contributed by atoms with Crippen molar-refractivity contribution in [3.63, 3.8) is 0 Å². The van der Waals surface area contributed by atoms with Gasteiger partial charge in [0.1, 0.15) is 12.1 Å². The number of amides is 3. The molecule has 4 rings (SSSR count). The first-order valence-electron chi connectivity index (χ1n) is 12.8. The molecule has 2 aliphatic rings. The topological polar surface area (TPSA) is 81.8 Å². The van der Waals surface area contributed by atoms with Crippen LogP contribution in [0.2, 0.25) is 10.0 Å². The van der Waals surface area contributed by atoms with Gasteiger partial charge in [-0.2, -0.15) is 0 Å². The van der Waals surface area contributed by atoms with E-state index in [4.69, 9.17) is 23.2 Å². The Hall–Kier alpha value is -2.13. The Labute approximate surface area is 242 Å². The highest BCUT2D eigenvalue weighted by Gasteiger charge is 2.53. The molecule has 2 N–H and O–H groups in total. The van der Waals surface area contributed by atoms with Crippen LogP contribution in [0.25, 0.3) is 0 Å². The third kappa shape index (κ3) is 6.71. The zero-order chi connectivity index (χ0) is 27.4. The first-order valence-corrected chi connectivity index (χ1v) is 14.4. The summed E-state index contributed by atoms with van der Waals surface area (Å²) < 4.78 is 0.927. The third-order valence-electron chi connectivity index (χ3n) is 7.28. The van der Waals surface area contributed by atoms with Gasteiger partial charge < -0.3 is 20.4 Å². The largest absolute Gasteiger partial charge is 0.353 e. The Morgan fingerprint density at radius 3 is 2.47 bits per heavy atom. The van der Waals surface area contributed by atoms with Gasteiger partial charge >= 0.3 is 0 Å². The molecule has 7 nitrogen and oxygen atoms in total. The van der Waals surface area contributed by atoms with E-state index in [-0.39, 0.29) is 17.7 Å². The average Bonchev–Trinajstić information content (AvgIpc) is 3.52. The first-order chi connectivity index (χ1) is 18.1. The second-order valence-electron chi connectivity index (χ2n) is 10.3. The van der Waals surface area contributed by atoms with E-state index in [0.717, 1.165) is 22.0 Å². The minimum atomic E-state index is -0.817. The number of carbonyl (C=O) groups is 3. The maximum Gasteiger partial charge on any atom is 0.246 e. The maximum atomic E-state index is 13.9. The van der Waals surface area contributed by atoms with Crippen LogP contribution in [0.3, 0.4) is 0 Å². The minimum Gasteiger partial charge on any atom is -0.353 e. The normalized spacial score (nSPS) is 18.8. The van der Waals surface area contributed by atoms with Gasteiger partial charge in [0.05, 0.1) is 5.41 Å². The van der Waals surface area contributed by atoms with Gasteiger partial charge in [0, 0.05) is 40.6 Å². The molecule has 1 saturated heterocycles. The van der Waals surface area contributed by atoms with Crippen molar-refractivity contribution in [3.05, 3.63) is 68.1 Å². The molecule has 2 aromatic carbocycles. The van der Waals surface area contributed by atoms with Crippen LogP contribution < -0.4 is 10.6 Å². The molecule has 1 saturated carbocycles. The van der Waals surface area contributed by atoms with Gasteiger partial charge in [0.25, 0.3) is 0 Å². The molecule has 0 bridgehead atoms. The highest BCUT2D eigenvalue weighted by molar-refractivity contribution is 9.10. The number of carbonyl (C=O) groups excluding carboxylic acids is 3. The fourth-order valence-electron chi connectivity index (χ4n) is 5.00. The van der Waals surface area contributed by atoms with E-state index in [1.807, 2.05) is 43.3 Å². The standard InChI is InChI=1S/C28H33BrCl2N4O3/c1-34(2)15-13-32-25(36)24-4-3-14-35(24)26(37)23(16-18-5-7-19(29)8-6-18)33-27(38)28(11-12-28)21-10-9-20(30)17-22(21)31/h5-10,17,23-24H,3-4,11-16H2,1-2H3,(H,32,36)(H,33,38)/t23-,24-/m0/s1. The summed E-state index contributed by atoms with van der Waals surface area (Å²) in [4.78, 5) is 44.2. The predicted octanol–water partition coefficient (Wildman–Crippen LogP) is 4.18. The van der Waals surface area contributed by atoms with Crippen molar-refractivity contribution in [2.24, 2.45) is 0 Å². The van der Waals surface area contributed by atoms with E-state index < -0.39 is 17.5 Å². The zero-order valence-corrected chi connectivity index (χ0v) is 24.7. The highest BCUT2D eigenvalue weighted by Crippen LogP contribution is 2.51. The van der Waals surface area contributed by atoms with Crippen molar-refractivity contribution in [3.8, 4) is 0 Å². The second kappa shape index (κ2) is 12.4. The fraction of sp³-hybridized carbons (Fsp3) is 0.464. The minimum absolute atomic E-state index is 0.155. The molecule has 10 heteroatoms. The fourth-order valence-corrected chi connectivity index (χ4v) is 5.85. The third-order valence-corrected chi connectivity index (χ3v) is 8.36. The van der Waals surface area contributed by atoms with Crippen molar-refractivity contribution in [1.82, 2.24) is 20.4 Å². The van der Waals surface area contributed by atoms with Crippen molar-refractivity contribution >= 4 is 56.9 Å². The molecule has 204 valence electrons. The Bertz CT molecular complexity index is 1190. The number of likely N-dealkylation sites (N-methyl/N-ethyl adjacent to an activating group) is 1. The molecule has 3 amide bonds. The summed E-state index contributed by atoms with van der Waals surface area (Å²) in [5, 5.41) is 6.94. The summed E-state index contributed by atoms with van der Waals surface area (Å²) in [5.41, 5.74) is 0.844. The Kier molecular flexibility index (Phi) is 9.40. The summed E-state index contributed by atoms with van der Waals surface area (Å²) in [7, 11) is 3.88. The quantitative estimate of drug-likeness (QED) is 0.416. The van der Waals surface area contributed by atoms with E-state index in [1.54, 1.807) is 23.1 Å². The average molecular weight is 624 g/mol. The van der Waals surface area contributed by atoms with Crippen LogP contribution in [0.5, 0.6) is 0 Å². The molecule has 1 aliphatic carbocycles. The van der Waals surface area contributed by atoms with Crippen LogP contribution in [-0.2, 0) is 26.2 Å². The number of nitrogens with zero attached hydrogens (tertiary/aromatic N) is 2. The zero-order valence-electron chi connectivity index (χ0n) is 21.6. The molecular formula is C28H33BrCl2N4O3. The number of benzene rings is 2. The smallest absolute Gasteiger partial charge is 0.246 e. The molecule has 0 radical (unpaired) electrons. The lowest BCUT2D eigenvalue weighted by Crippen LogP contribution is -2.55. The van der Waals surface area contributed by atoms with Crippen LogP contribution in [-0.4, -0.2) is 73.3 Å². The van der Waals surface area contributed by atoms with Crippen LogP contribution >= 0.6 is 39.1 Å². The van der Waals surface area contributed by atoms with Gasteiger partial charge in [0.2, 0.25) is 17.7 Å². The van der Waals surface area contributed by atoms with E-state index in [1.165, 1.54) is 0 Å². The van der Waals surface area contributed by atoms with Gasteiger partial charge in [-0.05, 0) is 75.2 Å². The summed E-state index contributed by atoms with van der Waals surface area (Å²) in [6, 6.07) is 11.5. The summed E-state index contributed by atoms with van der Waals surface area (Å²) in [5.74, 6) is -0.633. The van der Waals surface area contributed by atoms with Crippen LogP contribution in [0.15, 0.2) is 46.9 Å². The summed E-state index contributed by atoms with van der Waals surface area (Å²) >= 11 is 16.0. The van der Waals surface area contributed by atoms with Crippen molar-refractivity contribution in [1.29, 1.82) is 0 Å². The number of nitrogens with one attached hydrogen (secondary N) is 2. The number of hydrogen-bond acceptors (Lipinski definition) is 4. The molecule has 0 spiro atoms. The van der Waals surface area contributed by atoms with Crippen molar-refractivity contribution in [2.75, 3.05) is 33.7 Å². The van der Waals surface area contributed by atoms with Crippen molar-refractivity contribution < 1.29 is 14.4 Å². The van der Waals surface area contributed by atoms with Crippen LogP contribution in [0, 0.1) is 0 Å². The molecule has 2 aromatic rings. The Morgan fingerprint density at radius 1 is 1.13 bits per heavy atom. The molecule has 1 heterocycles. The molecule has 2 fully saturated rings. The van der Waals surface area contributed by atoms with Crippen LogP contribution in [0.1, 0.15) is 36.8 Å². The number of rotatable bonds is 10. The lowest BCUT2D eigenvalue weighted by molar-refractivity contribution is -0.141. The second-order valence-corrected chi connectivity index (χ2v) is 12.1. The summed E-state index contributed by atoms with van der Waals surface area (Å²) in [6.45, 7) is 1.70. The number of halogens is 3. The molecule has 38 heavy (non-hydrogen) atoms. The van der Waals surface area contributed by atoms with Gasteiger partial charge in [-0.25, -0.2) is 0 Å². The van der Waals surface area contributed by atoms with Gasteiger partial charge in [-0.15, -0.1) is 0 Å². The van der Waals surface area contributed by atoms with Gasteiger partial charge in [-0.3, -0.25) is 14.4 Å². The maximum absolute atomic E-state index is 13.9. The monoisotopic (exact) mass is 622 g/mol. The van der Waals surface area contributed by atoms with E-state index in [2.05, 4.69) is 26.6 Å². The Morgan fingerprint density at radius 2 is 1.84 bits per heavy atom. The van der Waals surface area contributed by atoms with Gasteiger partial charge in [-0.1, -0.05) is 57.3 Å². The van der Waals surface area contributed by atoms with Gasteiger partial charge in [0.15, 0.2) is 0 Å². The number of likely N-dealkylation sites (tertiary alicyclic amines) is 1. The van der Waals surface area contributed by atoms with Crippen molar-refractivity contribution in [2.45, 2.75) is 49.6 Å². The summed E-state index contributed by atoms with van der Waals surface area (Å²) in [6.07, 6.45) is 2.93. The molecule has 0 aromatic heterocycles. The van der Waals surface area contributed by atoms with Crippen LogP contribution in [0.4, 0.5) is 0 Å². The molecule has 2 atom stereocenters. The van der Waals surface area contributed by atoms with E-state index in [9.17, 15) is 14.4 Å². The Balaban J connectivity index is 1.54. The molecule has 0 unspecified atom stereocenters. The predicted molar refractivity (Wildman–Crippen MR) is 153 cm³/mol. The SMILES string of the molecule is CN(C)CCNC(=O)[C@@H]1CCCN1C(=O)[C@H](Cc1ccc(Br)cc1)NC(=O)C1(c2ccc(Cl)cc2Cl)CC1. The van der Waals surface area contributed by atoms with E-state index >= 15 is 0 Å². The lowest BCUT2D eigenvalue weighted by Gasteiger charge is -2.30.